The predicted octanol–water partition coefficient (Wildman–Crippen LogP) is 5.22. The molecule has 0 amide bonds. The largest absolute Gasteiger partial charge is 0.458 e. The summed E-state index contributed by atoms with van der Waals surface area (Å²) in [6.45, 7) is 19.7. The molecule has 0 aliphatic heterocycles. The highest BCUT2D eigenvalue weighted by Gasteiger charge is 2.47. The molecule has 2 saturated carbocycles. The first-order valence-corrected chi connectivity index (χ1v) is 12.2. The van der Waals surface area contributed by atoms with Gasteiger partial charge in [0.05, 0.1) is 0 Å². The number of hydrogen-bond donors (Lipinski definition) is 2. The van der Waals surface area contributed by atoms with Gasteiger partial charge in [0.25, 0.3) is 0 Å². The summed E-state index contributed by atoms with van der Waals surface area (Å²) in [6.07, 6.45) is 5.85. The summed E-state index contributed by atoms with van der Waals surface area (Å²) in [5.41, 5.74) is -2.75. The second-order valence-corrected chi connectivity index (χ2v) is 13.5. The van der Waals surface area contributed by atoms with Crippen molar-refractivity contribution < 1.29 is 29.0 Å². The zero-order valence-corrected chi connectivity index (χ0v) is 22.7. The first kappa shape index (κ1) is 29.9. The van der Waals surface area contributed by atoms with Crippen LogP contribution in [0.3, 0.4) is 0 Å². The average molecular weight is 472 g/mol. The maximum Gasteiger partial charge on any atom is 0.341 e. The molecule has 194 valence electrons. The lowest BCUT2D eigenvalue weighted by Gasteiger charge is -2.41. The van der Waals surface area contributed by atoms with Crippen molar-refractivity contribution in [1.29, 1.82) is 0 Å². The maximum absolute atomic E-state index is 12.2. The van der Waals surface area contributed by atoms with Crippen LogP contribution < -0.4 is 5.90 Å². The van der Waals surface area contributed by atoms with Crippen molar-refractivity contribution in [1.82, 2.24) is 0 Å². The second kappa shape index (κ2) is 10.2. The molecule has 0 heterocycles. The molecule has 2 fully saturated rings. The van der Waals surface area contributed by atoms with Crippen LogP contribution in [0.1, 0.15) is 121 Å². The molecule has 0 saturated heterocycles. The number of nitrogens with two attached hydrogens (primary N) is 1. The average Bonchev–Trinajstić information content (AvgIpc) is 2.62. The fraction of sp³-hybridized carbons (Fsp3) is 0.923. The van der Waals surface area contributed by atoms with E-state index in [1.54, 1.807) is 0 Å². The molecule has 0 atom stereocenters. The van der Waals surface area contributed by atoms with Gasteiger partial charge in [-0.05, 0) is 104 Å². The van der Waals surface area contributed by atoms with E-state index in [-0.39, 0.29) is 16.8 Å². The van der Waals surface area contributed by atoms with Crippen LogP contribution in [-0.2, 0) is 23.9 Å². The molecule has 0 aromatic rings. The van der Waals surface area contributed by atoms with Crippen molar-refractivity contribution in [2.45, 2.75) is 143 Å². The fourth-order valence-electron chi connectivity index (χ4n) is 3.99. The number of ether oxygens (including phenoxy) is 2. The van der Waals surface area contributed by atoms with Gasteiger partial charge in [-0.2, -0.15) is 0 Å². The van der Waals surface area contributed by atoms with Gasteiger partial charge >= 0.3 is 11.9 Å². The molecule has 33 heavy (non-hydrogen) atoms. The molecular formula is C26H49NO6. The standard InChI is InChI=1S/C13H25NO3.C13H24O3/c1-11(2,3)16-10(15)13(17-14)8-6-12(4,5)7-9-13;1-11(2,3)16-10(14)13(15)8-6-12(4,5)7-9-13/h6-9,14H2,1-5H3;15H,6-9H2,1-5H3. The normalized spacial score (nSPS) is 23.5. The van der Waals surface area contributed by atoms with Crippen LogP contribution in [0.4, 0.5) is 0 Å². The summed E-state index contributed by atoms with van der Waals surface area (Å²) in [7, 11) is 0. The zero-order chi connectivity index (χ0) is 25.9. The Morgan fingerprint density at radius 2 is 1.00 bits per heavy atom. The third-order valence-electron chi connectivity index (χ3n) is 6.62. The lowest BCUT2D eigenvalue weighted by Crippen LogP contribution is -2.50. The first-order chi connectivity index (χ1) is 14.6. The van der Waals surface area contributed by atoms with Crippen molar-refractivity contribution in [2.24, 2.45) is 16.7 Å². The van der Waals surface area contributed by atoms with Crippen molar-refractivity contribution in [3.63, 3.8) is 0 Å². The lowest BCUT2D eigenvalue weighted by molar-refractivity contribution is -0.192. The molecule has 0 unspecified atom stereocenters. The molecule has 0 aromatic heterocycles. The van der Waals surface area contributed by atoms with Gasteiger partial charge in [0.2, 0.25) is 0 Å². The van der Waals surface area contributed by atoms with Crippen LogP contribution >= 0.6 is 0 Å². The lowest BCUT2D eigenvalue weighted by atomic mass is 9.71. The minimum atomic E-state index is -1.26. The Morgan fingerprint density at radius 1 is 0.667 bits per heavy atom. The molecule has 2 aliphatic rings. The Labute approximate surface area is 201 Å². The maximum atomic E-state index is 12.2. The molecule has 0 radical (unpaired) electrons. The molecule has 0 bridgehead atoms. The van der Waals surface area contributed by atoms with E-state index in [1.807, 2.05) is 41.5 Å². The van der Waals surface area contributed by atoms with Gasteiger partial charge in [-0.1, -0.05) is 27.7 Å². The van der Waals surface area contributed by atoms with Crippen molar-refractivity contribution in [2.75, 3.05) is 0 Å². The van der Waals surface area contributed by atoms with Gasteiger partial charge in [-0.15, -0.1) is 0 Å². The molecule has 0 spiro atoms. The van der Waals surface area contributed by atoms with Gasteiger partial charge in [0, 0.05) is 0 Å². The number of esters is 2. The van der Waals surface area contributed by atoms with Crippen LogP contribution in [0.15, 0.2) is 0 Å². The SMILES string of the molecule is CC1(C)CCC(O)(C(=O)OC(C)(C)C)CC1.CC1(C)CCC(ON)(C(=O)OC(C)(C)C)CC1. The quantitative estimate of drug-likeness (QED) is 0.429. The number of carbonyl (C=O) groups is 2. The van der Waals surface area contributed by atoms with E-state index in [0.29, 0.717) is 25.7 Å². The summed E-state index contributed by atoms with van der Waals surface area (Å²) in [4.78, 5) is 29.0. The molecule has 7 nitrogen and oxygen atoms in total. The number of rotatable bonds is 3. The van der Waals surface area contributed by atoms with Crippen LogP contribution in [0.25, 0.3) is 0 Å². The third-order valence-corrected chi connectivity index (χ3v) is 6.62. The predicted molar refractivity (Wildman–Crippen MR) is 129 cm³/mol. The van der Waals surface area contributed by atoms with E-state index in [9.17, 15) is 14.7 Å². The summed E-state index contributed by atoms with van der Waals surface area (Å²) < 4.78 is 10.7. The van der Waals surface area contributed by atoms with E-state index in [2.05, 4.69) is 27.7 Å². The number of carbonyl (C=O) groups excluding carboxylic acids is 2. The summed E-state index contributed by atoms with van der Waals surface area (Å²) in [5.74, 6) is 4.55. The Kier molecular flexibility index (Phi) is 9.23. The second-order valence-electron chi connectivity index (χ2n) is 13.5. The Bertz CT molecular complexity index is 664. The molecular weight excluding hydrogens is 422 g/mol. The molecule has 0 aromatic carbocycles. The van der Waals surface area contributed by atoms with Gasteiger partial charge in [-0.25, -0.2) is 15.5 Å². The van der Waals surface area contributed by atoms with Crippen LogP contribution in [0.5, 0.6) is 0 Å². The van der Waals surface area contributed by atoms with E-state index < -0.39 is 28.4 Å². The van der Waals surface area contributed by atoms with Gasteiger partial charge in [0.15, 0.2) is 11.2 Å². The third kappa shape index (κ3) is 9.53. The highest BCUT2D eigenvalue weighted by molar-refractivity contribution is 5.80. The number of aliphatic hydroxyl groups is 1. The highest BCUT2D eigenvalue weighted by Crippen LogP contribution is 2.43. The minimum absolute atomic E-state index is 0.230. The molecule has 2 aliphatic carbocycles. The molecule has 2 rings (SSSR count). The van der Waals surface area contributed by atoms with Crippen LogP contribution in [0, 0.1) is 10.8 Å². The minimum Gasteiger partial charge on any atom is -0.458 e. The van der Waals surface area contributed by atoms with Crippen LogP contribution in [-0.4, -0.2) is 39.4 Å². The molecule has 7 heteroatoms. The monoisotopic (exact) mass is 471 g/mol. The van der Waals surface area contributed by atoms with Crippen molar-refractivity contribution in [3.05, 3.63) is 0 Å². The topological polar surface area (TPSA) is 108 Å². The fourth-order valence-corrected chi connectivity index (χ4v) is 3.99. The smallest absolute Gasteiger partial charge is 0.341 e. The summed E-state index contributed by atoms with van der Waals surface area (Å²) in [5, 5.41) is 10.3. The van der Waals surface area contributed by atoms with E-state index >= 15 is 0 Å². The van der Waals surface area contributed by atoms with Crippen molar-refractivity contribution >= 4 is 11.9 Å². The Balaban J connectivity index is 0.000000331. The van der Waals surface area contributed by atoms with Crippen LogP contribution in [0.2, 0.25) is 0 Å². The van der Waals surface area contributed by atoms with Crippen molar-refractivity contribution in [3.8, 4) is 0 Å². The van der Waals surface area contributed by atoms with Gasteiger partial charge in [0.1, 0.15) is 11.2 Å². The summed E-state index contributed by atoms with van der Waals surface area (Å²) >= 11 is 0. The summed E-state index contributed by atoms with van der Waals surface area (Å²) in [6, 6.07) is 0. The zero-order valence-electron chi connectivity index (χ0n) is 22.7. The Hall–Kier alpha value is -1.18. The van der Waals surface area contributed by atoms with E-state index in [1.165, 1.54) is 0 Å². The Morgan fingerprint density at radius 3 is 1.33 bits per heavy atom. The van der Waals surface area contributed by atoms with E-state index in [4.69, 9.17) is 20.2 Å². The first-order valence-electron chi connectivity index (χ1n) is 12.2. The molecule has 3 N–H and O–H groups in total. The van der Waals surface area contributed by atoms with Gasteiger partial charge < -0.3 is 14.6 Å². The van der Waals surface area contributed by atoms with E-state index in [0.717, 1.165) is 25.7 Å². The highest BCUT2D eigenvalue weighted by atomic mass is 16.7. The van der Waals surface area contributed by atoms with Gasteiger partial charge in [-0.3, -0.25) is 4.84 Å². The number of hydrogen-bond acceptors (Lipinski definition) is 7.